The van der Waals surface area contributed by atoms with Gasteiger partial charge in [0.2, 0.25) is 0 Å². The summed E-state index contributed by atoms with van der Waals surface area (Å²) in [7, 11) is 1.62. The fraction of sp³-hybridized carbons (Fsp3) is 0.0417. The lowest BCUT2D eigenvalue weighted by atomic mass is 10.0. The van der Waals surface area contributed by atoms with E-state index in [0.717, 1.165) is 22.4 Å². The zero-order valence-electron chi connectivity index (χ0n) is 16.5. The van der Waals surface area contributed by atoms with Crippen LogP contribution in [-0.2, 0) is 9.59 Å². The largest absolute Gasteiger partial charge is 0.497 e. The first-order valence-corrected chi connectivity index (χ1v) is 10.2. The van der Waals surface area contributed by atoms with Gasteiger partial charge in [0.05, 0.1) is 12.8 Å². The van der Waals surface area contributed by atoms with Crippen molar-refractivity contribution < 1.29 is 14.3 Å². The molecule has 1 fully saturated rings. The lowest BCUT2D eigenvalue weighted by molar-refractivity contribution is -0.122. The number of nitrogens with one attached hydrogen (secondary N) is 1. The Morgan fingerprint density at radius 3 is 2.35 bits per heavy atom. The van der Waals surface area contributed by atoms with Crippen LogP contribution >= 0.6 is 23.8 Å². The van der Waals surface area contributed by atoms with Crippen LogP contribution in [0.4, 0.5) is 5.69 Å². The molecule has 0 aromatic heterocycles. The van der Waals surface area contributed by atoms with Gasteiger partial charge >= 0.3 is 0 Å². The standard InChI is InChI=1S/C24H17ClN2O3S/c1-30-20-11-5-16(6-12-20)17-4-2-3-15(13-17)14-21-22(28)26-24(31)27(23(21)29)19-9-7-18(25)8-10-19/h2-14H,1H3,(H,26,28,31). The molecular weight excluding hydrogens is 432 g/mol. The number of ether oxygens (including phenoxy) is 1. The molecule has 1 aliphatic heterocycles. The quantitative estimate of drug-likeness (QED) is 0.352. The fourth-order valence-corrected chi connectivity index (χ4v) is 3.65. The van der Waals surface area contributed by atoms with Crippen LogP contribution in [0, 0.1) is 0 Å². The Balaban J connectivity index is 1.68. The molecule has 0 atom stereocenters. The third-order valence-electron chi connectivity index (χ3n) is 4.81. The highest BCUT2D eigenvalue weighted by Crippen LogP contribution is 2.26. The zero-order valence-corrected chi connectivity index (χ0v) is 18.0. The number of carbonyl (C=O) groups is 2. The molecule has 4 rings (SSSR count). The van der Waals surface area contributed by atoms with Crippen molar-refractivity contribution in [3.63, 3.8) is 0 Å². The molecule has 1 N–H and O–H groups in total. The highest BCUT2D eigenvalue weighted by molar-refractivity contribution is 7.80. The van der Waals surface area contributed by atoms with Gasteiger partial charge in [0, 0.05) is 5.02 Å². The molecule has 7 heteroatoms. The summed E-state index contributed by atoms with van der Waals surface area (Å²) >= 11 is 11.2. The van der Waals surface area contributed by atoms with Crippen molar-refractivity contribution in [3.8, 4) is 16.9 Å². The van der Waals surface area contributed by atoms with E-state index in [1.54, 1.807) is 37.5 Å². The monoisotopic (exact) mass is 448 g/mol. The van der Waals surface area contributed by atoms with Crippen LogP contribution in [-0.4, -0.2) is 24.0 Å². The maximum Gasteiger partial charge on any atom is 0.270 e. The molecule has 1 aliphatic rings. The Hall–Kier alpha value is -3.48. The van der Waals surface area contributed by atoms with Crippen LogP contribution in [0.25, 0.3) is 17.2 Å². The molecule has 0 aliphatic carbocycles. The van der Waals surface area contributed by atoms with Gasteiger partial charge in [-0.2, -0.15) is 0 Å². The lowest BCUT2D eigenvalue weighted by Crippen LogP contribution is -2.54. The first-order chi connectivity index (χ1) is 15.0. The van der Waals surface area contributed by atoms with E-state index in [4.69, 9.17) is 28.6 Å². The minimum absolute atomic E-state index is 0.00423. The third kappa shape index (κ3) is 4.35. The number of nitrogens with zero attached hydrogens (tertiary/aromatic N) is 1. The highest BCUT2D eigenvalue weighted by Gasteiger charge is 2.34. The Morgan fingerprint density at radius 1 is 0.968 bits per heavy atom. The number of methoxy groups -OCH3 is 1. The second-order valence-electron chi connectivity index (χ2n) is 6.79. The molecular formula is C24H17ClN2O3S. The summed E-state index contributed by atoms with van der Waals surface area (Å²) in [6.45, 7) is 0. The summed E-state index contributed by atoms with van der Waals surface area (Å²) in [5, 5.41) is 3.15. The van der Waals surface area contributed by atoms with Crippen LogP contribution in [0.15, 0.2) is 78.4 Å². The smallest absolute Gasteiger partial charge is 0.270 e. The predicted molar refractivity (Wildman–Crippen MR) is 126 cm³/mol. The van der Waals surface area contributed by atoms with Crippen LogP contribution in [0.1, 0.15) is 5.56 Å². The van der Waals surface area contributed by atoms with E-state index >= 15 is 0 Å². The van der Waals surface area contributed by atoms with Gasteiger partial charge in [-0.3, -0.25) is 19.8 Å². The first kappa shape index (κ1) is 20.8. The second kappa shape index (κ2) is 8.71. The van der Waals surface area contributed by atoms with E-state index in [-0.39, 0.29) is 10.7 Å². The van der Waals surface area contributed by atoms with Gasteiger partial charge in [-0.25, -0.2) is 0 Å². The number of hydrogen-bond donors (Lipinski definition) is 1. The Labute approximate surface area is 189 Å². The van der Waals surface area contributed by atoms with Crippen molar-refractivity contribution in [1.29, 1.82) is 0 Å². The number of carbonyl (C=O) groups excluding carboxylic acids is 2. The van der Waals surface area contributed by atoms with E-state index in [1.165, 1.54) is 4.90 Å². The Bertz CT molecular complexity index is 1200. The molecule has 0 radical (unpaired) electrons. The number of halogens is 1. The van der Waals surface area contributed by atoms with E-state index in [2.05, 4.69) is 5.32 Å². The summed E-state index contributed by atoms with van der Waals surface area (Å²) < 4.78 is 5.20. The summed E-state index contributed by atoms with van der Waals surface area (Å²) in [5.74, 6) is -0.259. The van der Waals surface area contributed by atoms with Gasteiger partial charge in [0.15, 0.2) is 5.11 Å². The van der Waals surface area contributed by atoms with E-state index in [1.807, 2.05) is 48.5 Å². The topological polar surface area (TPSA) is 58.6 Å². The lowest BCUT2D eigenvalue weighted by Gasteiger charge is -2.29. The number of thiocarbonyl (C=S) groups is 1. The van der Waals surface area contributed by atoms with Gasteiger partial charge < -0.3 is 4.74 Å². The van der Waals surface area contributed by atoms with Crippen LogP contribution in [0.5, 0.6) is 5.75 Å². The van der Waals surface area contributed by atoms with E-state index in [9.17, 15) is 9.59 Å². The number of anilines is 1. The summed E-state index contributed by atoms with van der Waals surface area (Å²) in [4.78, 5) is 26.9. The molecule has 5 nitrogen and oxygen atoms in total. The molecule has 1 heterocycles. The highest BCUT2D eigenvalue weighted by atomic mass is 35.5. The predicted octanol–water partition coefficient (Wildman–Crippen LogP) is 4.85. The zero-order chi connectivity index (χ0) is 22.0. The molecule has 31 heavy (non-hydrogen) atoms. The molecule has 0 unspecified atom stereocenters. The number of amides is 2. The molecule has 3 aromatic carbocycles. The molecule has 0 spiro atoms. The minimum atomic E-state index is -0.532. The van der Waals surface area contributed by atoms with Gasteiger partial charge in [-0.1, -0.05) is 41.9 Å². The van der Waals surface area contributed by atoms with Crippen molar-refractivity contribution in [3.05, 3.63) is 89.0 Å². The Morgan fingerprint density at radius 2 is 1.68 bits per heavy atom. The van der Waals surface area contributed by atoms with Gasteiger partial charge in [0.1, 0.15) is 11.3 Å². The van der Waals surface area contributed by atoms with Crippen molar-refractivity contribution >= 4 is 52.5 Å². The minimum Gasteiger partial charge on any atom is -0.497 e. The van der Waals surface area contributed by atoms with Gasteiger partial charge in [0.25, 0.3) is 11.8 Å². The van der Waals surface area contributed by atoms with E-state index < -0.39 is 11.8 Å². The molecule has 0 bridgehead atoms. The summed E-state index contributed by atoms with van der Waals surface area (Å²) in [5.41, 5.74) is 3.18. The summed E-state index contributed by atoms with van der Waals surface area (Å²) in [6.07, 6.45) is 1.56. The molecule has 2 amide bonds. The van der Waals surface area contributed by atoms with Gasteiger partial charge in [-0.15, -0.1) is 0 Å². The number of rotatable bonds is 4. The van der Waals surface area contributed by atoms with Crippen LogP contribution in [0.3, 0.4) is 0 Å². The average molecular weight is 449 g/mol. The van der Waals surface area contributed by atoms with Crippen molar-refractivity contribution in [2.45, 2.75) is 0 Å². The average Bonchev–Trinajstić information content (AvgIpc) is 2.78. The first-order valence-electron chi connectivity index (χ1n) is 9.38. The van der Waals surface area contributed by atoms with Crippen LogP contribution in [0.2, 0.25) is 5.02 Å². The molecule has 1 saturated heterocycles. The fourth-order valence-electron chi connectivity index (χ4n) is 3.24. The number of benzene rings is 3. The second-order valence-corrected chi connectivity index (χ2v) is 7.61. The SMILES string of the molecule is COc1ccc(-c2cccc(C=C3C(=O)NC(=S)N(c4ccc(Cl)cc4)C3=O)c2)cc1. The molecule has 3 aromatic rings. The maximum atomic E-state index is 13.1. The summed E-state index contributed by atoms with van der Waals surface area (Å²) in [6, 6.07) is 21.9. The molecule has 154 valence electrons. The number of hydrogen-bond acceptors (Lipinski definition) is 4. The third-order valence-corrected chi connectivity index (χ3v) is 5.34. The van der Waals surface area contributed by atoms with Crippen molar-refractivity contribution in [1.82, 2.24) is 5.32 Å². The normalized spacial score (nSPS) is 15.2. The van der Waals surface area contributed by atoms with E-state index in [0.29, 0.717) is 10.7 Å². The maximum absolute atomic E-state index is 13.1. The van der Waals surface area contributed by atoms with Gasteiger partial charge in [-0.05, 0) is 77.4 Å². The molecule has 0 saturated carbocycles. The van der Waals surface area contributed by atoms with Crippen LogP contribution < -0.4 is 15.0 Å². The van der Waals surface area contributed by atoms with Crippen molar-refractivity contribution in [2.75, 3.05) is 12.0 Å². The van der Waals surface area contributed by atoms with Crippen molar-refractivity contribution in [2.24, 2.45) is 0 Å². The Kier molecular flexibility index (Phi) is 5.84.